The Hall–Kier alpha value is -3.74. The van der Waals surface area contributed by atoms with Crippen molar-refractivity contribution in [2.45, 2.75) is 53.0 Å². The fourth-order valence-electron chi connectivity index (χ4n) is 6.64. The second-order valence-corrected chi connectivity index (χ2v) is 23.9. The van der Waals surface area contributed by atoms with Gasteiger partial charge in [-0.15, -0.1) is 71.3 Å². The Balaban J connectivity index is 0.000000187. The molecule has 1 aliphatic rings. The summed E-state index contributed by atoms with van der Waals surface area (Å²) < 4.78 is 0. The first-order valence-corrected chi connectivity index (χ1v) is 23.2. The van der Waals surface area contributed by atoms with E-state index in [0.29, 0.717) is 5.92 Å². The molecule has 0 aliphatic carbocycles. The van der Waals surface area contributed by atoms with Gasteiger partial charge in [0.15, 0.2) is 0 Å². The molecule has 1 aliphatic heterocycles. The maximum atomic E-state index is 4.82. The SMILES string of the molecule is CC(C)Cc1cc(-c2[c-]ccc(-c3ccccc3)c2)ncc1[Si](C)(C)C.C[Si]1(C)c2ccccc2-c2cc(-c3[c-]cccc3)ncc21.[Ir]. The van der Waals surface area contributed by atoms with E-state index in [1.165, 1.54) is 43.4 Å². The molecular formula is C43H44IrN2Si2-2. The van der Waals surface area contributed by atoms with Crippen LogP contribution in [0.2, 0.25) is 32.7 Å². The molecule has 5 heteroatoms. The number of aromatic nitrogens is 2. The fraction of sp³-hybridized carbons (Fsp3) is 0.209. The summed E-state index contributed by atoms with van der Waals surface area (Å²) in [7, 11) is -2.98. The van der Waals surface area contributed by atoms with Gasteiger partial charge in [-0.2, -0.15) is 0 Å². The van der Waals surface area contributed by atoms with E-state index in [9.17, 15) is 0 Å². The molecular weight excluding hydrogens is 793 g/mol. The van der Waals surface area contributed by atoms with E-state index in [4.69, 9.17) is 9.97 Å². The first-order chi connectivity index (χ1) is 22.5. The van der Waals surface area contributed by atoms with Crippen LogP contribution in [-0.2, 0) is 26.5 Å². The zero-order valence-electron chi connectivity index (χ0n) is 29.1. The number of pyridine rings is 2. The van der Waals surface area contributed by atoms with Gasteiger partial charge in [0.05, 0.1) is 8.07 Å². The Morgan fingerprint density at radius 3 is 2.02 bits per heavy atom. The van der Waals surface area contributed by atoms with Crippen molar-refractivity contribution in [1.29, 1.82) is 0 Å². The smallest absolute Gasteiger partial charge is 0.115 e. The molecule has 0 saturated heterocycles. The summed E-state index contributed by atoms with van der Waals surface area (Å²) in [6.07, 6.45) is 5.33. The molecule has 0 bridgehead atoms. The summed E-state index contributed by atoms with van der Waals surface area (Å²) in [5.74, 6) is 0.639. The van der Waals surface area contributed by atoms with E-state index >= 15 is 0 Å². The van der Waals surface area contributed by atoms with Crippen molar-refractivity contribution < 1.29 is 20.1 Å². The zero-order valence-corrected chi connectivity index (χ0v) is 33.5. The van der Waals surface area contributed by atoms with Crippen molar-refractivity contribution in [3.8, 4) is 44.8 Å². The van der Waals surface area contributed by atoms with Crippen LogP contribution in [0.15, 0.2) is 122 Å². The summed E-state index contributed by atoms with van der Waals surface area (Å²) in [5, 5.41) is 4.45. The Labute approximate surface area is 303 Å². The van der Waals surface area contributed by atoms with Gasteiger partial charge >= 0.3 is 0 Å². The van der Waals surface area contributed by atoms with Gasteiger partial charge in [-0.05, 0) is 56.0 Å². The predicted molar refractivity (Wildman–Crippen MR) is 206 cm³/mol. The number of hydrogen-bond donors (Lipinski definition) is 0. The number of benzene rings is 4. The maximum Gasteiger partial charge on any atom is 0.115 e. The van der Waals surface area contributed by atoms with E-state index < -0.39 is 16.1 Å². The van der Waals surface area contributed by atoms with Crippen LogP contribution in [0.5, 0.6) is 0 Å². The Morgan fingerprint density at radius 2 is 1.31 bits per heavy atom. The molecule has 245 valence electrons. The molecule has 0 unspecified atom stereocenters. The van der Waals surface area contributed by atoms with Gasteiger partial charge in [-0.25, -0.2) is 0 Å². The third kappa shape index (κ3) is 7.61. The summed E-state index contributed by atoms with van der Waals surface area (Å²) >= 11 is 0. The van der Waals surface area contributed by atoms with Crippen LogP contribution in [0, 0.1) is 18.1 Å². The van der Waals surface area contributed by atoms with Gasteiger partial charge in [0.25, 0.3) is 0 Å². The first-order valence-electron chi connectivity index (χ1n) is 16.7. The van der Waals surface area contributed by atoms with Crippen LogP contribution in [0.3, 0.4) is 0 Å². The minimum Gasteiger partial charge on any atom is -0.305 e. The van der Waals surface area contributed by atoms with Gasteiger partial charge in [0, 0.05) is 32.5 Å². The zero-order chi connectivity index (χ0) is 33.2. The molecule has 1 radical (unpaired) electrons. The number of rotatable bonds is 6. The Bertz CT molecular complexity index is 2000. The topological polar surface area (TPSA) is 25.8 Å². The molecule has 0 fully saturated rings. The normalized spacial score (nSPS) is 12.8. The van der Waals surface area contributed by atoms with Gasteiger partial charge in [-0.3, -0.25) is 0 Å². The van der Waals surface area contributed by atoms with Crippen molar-refractivity contribution in [2.75, 3.05) is 0 Å². The van der Waals surface area contributed by atoms with Crippen molar-refractivity contribution in [3.05, 3.63) is 139 Å². The van der Waals surface area contributed by atoms with Crippen molar-refractivity contribution in [2.24, 2.45) is 5.92 Å². The molecule has 0 atom stereocenters. The van der Waals surface area contributed by atoms with Gasteiger partial charge < -0.3 is 9.97 Å². The summed E-state index contributed by atoms with van der Waals surface area (Å²) in [6.45, 7) is 16.6. The number of nitrogens with zero attached hydrogens (tertiary/aromatic N) is 2. The van der Waals surface area contributed by atoms with E-state index in [-0.39, 0.29) is 20.1 Å². The minimum absolute atomic E-state index is 0. The molecule has 0 amide bonds. The van der Waals surface area contributed by atoms with Crippen LogP contribution in [0.4, 0.5) is 0 Å². The van der Waals surface area contributed by atoms with Crippen molar-refractivity contribution in [1.82, 2.24) is 9.97 Å². The van der Waals surface area contributed by atoms with Crippen LogP contribution in [0.1, 0.15) is 19.4 Å². The van der Waals surface area contributed by atoms with Crippen LogP contribution in [0.25, 0.3) is 44.8 Å². The van der Waals surface area contributed by atoms with E-state index in [0.717, 1.165) is 28.9 Å². The van der Waals surface area contributed by atoms with Gasteiger partial charge in [0.2, 0.25) is 0 Å². The predicted octanol–water partition coefficient (Wildman–Crippen LogP) is 9.31. The fourth-order valence-corrected chi connectivity index (χ4v) is 11.2. The molecule has 48 heavy (non-hydrogen) atoms. The molecule has 0 N–H and O–H groups in total. The monoisotopic (exact) mass is 837 g/mol. The average molecular weight is 837 g/mol. The van der Waals surface area contributed by atoms with Gasteiger partial charge in [0.1, 0.15) is 8.07 Å². The van der Waals surface area contributed by atoms with Gasteiger partial charge in [-0.1, -0.05) is 119 Å². The van der Waals surface area contributed by atoms with E-state index in [1.54, 1.807) is 0 Å². The molecule has 0 spiro atoms. The third-order valence-electron chi connectivity index (χ3n) is 9.06. The average Bonchev–Trinajstić information content (AvgIpc) is 3.31. The third-order valence-corrected chi connectivity index (χ3v) is 14.7. The number of fused-ring (bicyclic) bond motifs is 3. The molecule has 4 aromatic carbocycles. The second kappa shape index (κ2) is 14.8. The summed E-state index contributed by atoms with van der Waals surface area (Å²) in [4.78, 5) is 9.52. The number of hydrogen-bond acceptors (Lipinski definition) is 2. The molecule has 0 saturated carbocycles. The molecule has 7 rings (SSSR count). The van der Waals surface area contributed by atoms with Crippen molar-refractivity contribution >= 4 is 31.7 Å². The summed E-state index contributed by atoms with van der Waals surface area (Å²) in [6, 6.07) is 44.9. The molecule has 2 nitrogen and oxygen atoms in total. The quantitative estimate of drug-likeness (QED) is 0.124. The van der Waals surface area contributed by atoms with Crippen LogP contribution < -0.4 is 15.6 Å². The summed E-state index contributed by atoms with van der Waals surface area (Å²) in [5.41, 5.74) is 10.8. The van der Waals surface area contributed by atoms with Crippen LogP contribution >= 0.6 is 0 Å². The Kier molecular flexibility index (Phi) is 11.0. The molecule has 6 aromatic rings. The first kappa shape index (κ1) is 35.6. The van der Waals surface area contributed by atoms with Crippen molar-refractivity contribution in [3.63, 3.8) is 0 Å². The molecule has 3 heterocycles. The van der Waals surface area contributed by atoms with Crippen LogP contribution in [-0.4, -0.2) is 26.1 Å². The minimum atomic E-state index is -1.58. The molecule has 2 aromatic heterocycles. The Morgan fingerprint density at radius 1 is 0.646 bits per heavy atom. The van der Waals surface area contributed by atoms with E-state index in [1.807, 2.05) is 30.3 Å². The standard InChI is InChI=1S/C24H28NSi.C19H16NSi.Ir/c1-18(2)14-22-16-23(25-17-24(22)26(3,4)5)21-13-9-12-20(15-21)19-10-7-6-8-11-19;1-21(2)18-11-7-6-10-15(18)16-12-17(20-13-19(16)21)14-8-4-3-5-9-14;/h6-12,15-18H,14H2,1-5H3;3-8,10-13H,1-2H3;/q2*-1;. The maximum absolute atomic E-state index is 4.82. The van der Waals surface area contributed by atoms with E-state index in [2.05, 4.69) is 150 Å². The second-order valence-electron chi connectivity index (χ2n) is 14.5. The largest absolute Gasteiger partial charge is 0.305 e.